The molecule has 1 rings (SSSR count). The predicted molar refractivity (Wildman–Crippen MR) is 77.5 cm³/mol. The summed E-state index contributed by atoms with van der Waals surface area (Å²) in [6, 6.07) is 7.82. The number of esters is 1. The number of benzene rings is 1. The Kier molecular flexibility index (Phi) is 7.17. The lowest BCUT2D eigenvalue weighted by Crippen LogP contribution is -2.37. The highest BCUT2D eigenvalue weighted by Crippen LogP contribution is 2.06. The van der Waals surface area contributed by atoms with E-state index >= 15 is 0 Å². The van der Waals surface area contributed by atoms with E-state index in [-0.39, 0.29) is 25.0 Å². The third-order valence-electron chi connectivity index (χ3n) is 2.86. The van der Waals surface area contributed by atoms with Crippen molar-refractivity contribution >= 4 is 12.0 Å². The summed E-state index contributed by atoms with van der Waals surface area (Å²) >= 11 is 0. The molecule has 0 aliphatic rings. The number of urea groups is 1. The smallest absolute Gasteiger partial charge is 0.314 e. The molecule has 0 spiro atoms. The summed E-state index contributed by atoms with van der Waals surface area (Å²) < 4.78 is 4.77. The van der Waals surface area contributed by atoms with Crippen molar-refractivity contribution < 1.29 is 14.3 Å². The third-order valence-corrected chi connectivity index (χ3v) is 2.86. The van der Waals surface area contributed by atoms with E-state index in [1.165, 1.54) is 11.1 Å². The Morgan fingerprint density at radius 2 is 1.85 bits per heavy atom. The summed E-state index contributed by atoms with van der Waals surface area (Å²) in [5.41, 5.74) is 2.44. The Hall–Kier alpha value is -2.04. The SMILES string of the molecule is CCOC(=O)CCNC(=O)NCCc1ccccc1C. The van der Waals surface area contributed by atoms with Gasteiger partial charge in [-0.25, -0.2) is 4.79 Å². The van der Waals surface area contributed by atoms with E-state index in [4.69, 9.17) is 4.74 Å². The molecule has 0 saturated heterocycles. The van der Waals surface area contributed by atoms with Crippen molar-refractivity contribution in [3.8, 4) is 0 Å². The molecular weight excluding hydrogens is 256 g/mol. The molecule has 2 N–H and O–H groups in total. The molecule has 0 aliphatic carbocycles. The van der Waals surface area contributed by atoms with Crippen LogP contribution in [0.3, 0.4) is 0 Å². The van der Waals surface area contributed by atoms with E-state index in [1.807, 2.05) is 12.1 Å². The Bertz CT molecular complexity index is 446. The maximum atomic E-state index is 11.5. The predicted octanol–water partition coefficient (Wildman–Crippen LogP) is 1.79. The molecule has 0 unspecified atom stereocenters. The topological polar surface area (TPSA) is 67.4 Å². The summed E-state index contributed by atoms with van der Waals surface area (Å²) in [4.78, 5) is 22.6. The van der Waals surface area contributed by atoms with E-state index in [9.17, 15) is 9.59 Å². The zero-order valence-electron chi connectivity index (χ0n) is 12.1. The maximum absolute atomic E-state index is 11.5. The highest BCUT2D eigenvalue weighted by atomic mass is 16.5. The van der Waals surface area contributed by atoms with Crippen LogP contribution in [0, 0.1) is 6.92 Å². The number of rotatable bonds is 7. The number of aryl methyl sites for hydroxylation is 1. The van der Waals surface area contributed by atoms with Crippen LogP contribution in [0.4, 0.5) is 4.79 Å². The van der Waals surface area contributed by atoms with Crippen molar-refractivity contribution in [1.29, 1.82) is 0 Å². The van der Waals surface area contributed by atoms with Crippen LogP contribution < -0.4 is 10.6 Å². The number of amides is 2. The molecular formula is C15H22N2O3. The number of nitrogens with one attached hydrogen (secondary N) is 2. The average molecular weight is 278 g/mol. The quantitative estimate of drug-likeness (QED) is 0.747. The molecule has 0 radical (unpaired) electrons. The van der Waals surface area contributed by atoms with Gasteiger partial charge in [-0.1, -0.05) is 24.3 Å². The summed E-state index contributed by atoms with van der Waals surface area (Å²) in [6.45, 7) is 5.02. The molecule has 5 heteroatoms. The standard InChI is InChI=1S/C15H22N2O3/c1-3-20-14(18)9-11-17-15(19)16-10-8-13-7-5-4-6-12(13)2/h4-7H,3,8-11H2,1-2H3,(H2,16,17,19). The first-order valence-electron chi connectivity index (χ1n) is 6.85. The molecule has 0 fully saturated rings. The van der Waals surface area contributed by atoms with Gasteiger partial charge in [0, 0.05) is 13.1 Å². The third kappa shape index (κ3) is 6.22. The van der Waals surface area contributed by atoms with Gasteiger partial charge < -0.3 is 15.4 Å². The fourth-order valence-electron chi connectivity index (χ4n) is 1.78. The Morgan fingerprint density at radius 1 is 1.15 bits per heavy atom. The van der Waals surface area contributed by atoms with E-state index in [1.54, 1.807) is 6.92 Å². The fraction of sp³-hybridized carbons (Fsp3) is 0.467. The second-order valence-corrected chi connectivity index (χ2v) is 4.41. The van der Waals surface area contributed by atoms with Crippen molar-refractivity contribution in [1.82, 2.24) is 10.6 Å². The van der Waals surface area contributed by atoms with Gasteiger partial charge >= 0.3 is 12.0 Å². The van der Waals surface area contributed by atoms with Crippen LogP contribution in [0.2, 0.25) is 0 Å². The van der Waals surface area contributed by atoms with Gasteiger partial charge in [0.1, 0.15) is 0 Å². The molecule has 1 aromatic carbocycles. The van der Waals surface area contributed by atoms with E-state index in [2.05, 4.69) is 29.7 Å². The van der Waals surface area contributed by atoms with E-state index in [0.717, 1.165) is 6.42 Å². The highest BCUT2D eigenvalue weighted by Gasteiger charge is 2.04. The molecule has 1 aromatic rings. The Balaban J connectivity index is 2.14. The molecule has 0 bridgehead atoms. The largest absolute Gasteiger partial charge is 0.466 e. The van der Waals surface area contributed by atoms with Crippen LogP contribution in [0.25, 0.3) is 0 Å². The van der Waals surface area contributed by atoms with Gasteiger partial charge in [0.2, 0.25) is 0 Å². The van der Waals surface area contributed by atoms with Crippen molar-refractivity contribution in [2.45, 2.75) is 26.7 Å². The number of ether oxygens (including phenoxy) is 1. The van der Waals surface area contributed by atoms with Crippen LogP contribution in [0.5, 0.6) is 0 Å². The van der Waals surface area contributed by atoms with Crippen LogP contribution in [0.1, 0.15) is 24.5 Å². The van der Waals surface area contributed by atoms with Gasteiger partial charge in [-0.15, -0.1) is 0 Å². The first-order valence-corrected chi connectivity index (χ1v) is 6.85. The molecule has 2 amide bonds. The molecule has 20 heavy (non-hydrogen) atoms. The van der Waals surface area contributed by atoms with Gasteiger partial charge in [0.05, 0.1) is 13.0 Å². The molecule has 0 heterocycles. The molecule has 0 aromatic heterocycles. The lowest BCUT2D eigenvalue weighted by molar-refractivity contribution is -0.142. The van der Waals surface area contributed by atoms with E-state index < -0.39 is 0 Å². The number of hydrogen-bond donors (Lipinski definition) is 2. The summed E-state index contributed by atoms with van der Waals surface area (Å²) in [6.07, 6.45) is 0.983. The van der Waals surface area contributed by atoms with Crippen LogP contribution in [-0.2, 0) is 16.0 Å². The van der Waals surface area contributed by atoms with Crippen molar-refractivity contribution in [2.24, 2.45) is 0 Å². The Labute approximate surface area is 119 Å². The zero-order valence-corrected chi connectivity index (χ0v) is 12.1. The van der Waals surface area contributed by atoms with Crippen molar-refractivity contribution in [3.05, 3.63) is 35.4 Å². The fourth-order valence-corrected chi connectivity index (χ4v) is 1.78. The van der Waals surface area contributed by atoms with Gasteiger partial charge in [-0.3, -0.25) is 4.79 Å². The first kappa shape index (κ1) is 16.0. The highest BCUT2D eigenvalue weighted by molar-refractivity contribution is 5.75. The molecule has 0 atom stereocenters. The van der Waals surface area contributed by atoms with Crippen LogP contribution >= 0.6 is 0 Å². The van der Waals surface area contributed by atoms with Gasteiger partial charge in [0.25, 0.3) is 0 Å². The van der Waals surface area contributed by atoms with Crippen molar-refractivity contribution in [2.75, 3.05) is 19.7 Å². The summed E-state index contributed by atoms with van der Waals surface area (Å²) in [5.74, 6) is -0.298. The number of carbonyl (C=O) groups is 2. The normalized spacial score (nSPS) is 9.90. The van der Waals surface area contributed by atoms with Gasteiger partial charge in [-0.2, -0.15) is 0 Å². The minimum Gasteiger partial charge on any atom is -0.466 e. The molecule has 110 valence electrons. The lowest BCUT2D eigenvalue weighted by atomic mass is 10.1. The zero-order chi connectivity index (χ0) is 14.8. The summed E-state index contributed by atoms with van der Waals surface area (Å²) in [5, 5.41) is 5.38. The van der Waals surface area contributed by atoms with Crippen molar-refractivity contribution in [3.63, 3.8) is 0 Å². The molecule has 0 saturated carbocycles. The van der Waals surface area contributed by atoms with Gasteiger partial charge in [-0.05, 0) is 31.4 Å². The minimum absolute atomic E-state index is 0.194. The maximum Gasteiger partial charge on any atom is 0.314 e. The van der Waals surface area contributed by atoms with Gasteiger partial charge in [0.15, 0.2) is 0 Å². The number of hydrogen-bond acceptors (Lipinski definition) is 3. The minimum atomic E-state index is -0.298. The Morgan fingerprint density at radius 3 is 2.55 bits per heavy atom. The van der Waals surface area contributed by atoms with Crippen LogP contribution in [-0.4, -0.2) is 31.7 Å². The molecule has 0 aliphatic heterocycles. The lowest BCUT2D eigenvalue weighted by Gasteiger charge is -2.08. The monoisotopic (exact) mass is 278 g/mol. The second-order valence-electron chi connectivity index (χ2n) is 4.41. The first-order chi connectivity index (χ1) is 9.63. The summed E-state index contributed by atoms with van der Waals surface area (Å²) in [7, 11) is 0. The number of carbonyl (C=O) groups excluding carboxylic acids is 2. The second kappa shape index (κ2) is 8.96. The average Bonchev–Trinajstić information content (AvgIpc) is 2.41. The van der Waals surface area contributed by atoms with Crippen LogP contribution in [0.15, 0.2) is 24.3 Å². The molecule has 5 nitrogen and oxygen atoms in total. The van der Waals surface area contributed by atoms with E-state index in [0.29, 0.717) is 13.2 Å².